The fourth-order valence-electron chi connectivity index (χ4n) is 1.82. The molecule has 2 rings (SSSR count). The fraction of sp³-hybridized carbons (Fsp3) is 0.462. The molecule has 0 saturated carbocycles. The molecule has 0 aliphatic carbocycles. The molecule has 5 nitrogen and oxygen atoms in total. The summed E-state index contributed by atoms with van der Waals surface area (Å²) in [5.41, 5.74) is 6.70. The molecule has 0 bridgehead atoms. The van der Waals surface area contributed by atoms with Crippen molar-refractivity contribution in [1.82, 2.24) is 5.32 Å². The summed E-state index contributed by atoms with van der Waals surface area (Å²) in [6.07, 6.45) is 2.68. The van der Waals surface area contributed by atoms with Gasteiger partial charge in [0, 0.05) is 12.1 Å². The average Bonchev–Trinajstić information content (AvgIpc) is 2.90. The van der Waals surface area contributed by atoms with Crippen molar-refractivity contribution in [2.75, 3.05) is 18.8 Å². The minimum atomic E-state index is -0.457. The Morgan fingerprint density at radius 1 is 1.53 bits per heavy atom. The highest BCUT2D eigenvalue weighted by molar-refractivity contribution is 7.98. The minimum Gasteiger partial charge on any atom is -0.454 e. The number of nitrogens with one attached hydrogen (secondary N) is 1. The van der Waals surface area contributed by atoms with Crippen molar-refractivity contribution in [1.29, 1.82) is 0 Å². The highest BCUT2D eigenvalue weighted by Gasteiger charge is 2.18. The van der Waals surface area contributed by atoms with E-state index in [0.29, 0.717) is 18.7 Å². The van der Waals surface area contributed by atoms with E-state index in [1.807, 2.05) is 24.5 Å². The molecule has 19 heavy (non-hydrogen) atoms. The van der Waals surface area contributed by atoms with Crippen molar-refractivity contribution in [3.8, 4) is 11.5 Å². The first-order valence-corrected chi connectivity index (χ1v) is 7.51. The lowest BCUT2D eigenvalue weighted by atomic mass is 10.1. The second kappa shape index (κ2) is 6.68. The zero-order valence-corrected chi connectivity index (χ0v) is 11.7. The van der Waals surface area contributed by atoms with Gasteiger partial charge in [0.05, 0.1) is 6.04 Å². The summed E-state index contributed by atoms with van der Waals surface area (Å²) in [6.45, 7) is 0.631. The zero-order chi connectivity index (χ0) is 13.7. The standard InChI is InChI=1S/C13H18N2O3S/c1-19-6-5-10(14)13(16)15-7-9-3-2-4-11-12(9)18-8-17-11/h2-4,10H,5-8,14H2,1H3,(H,15,16)/t10-/m1/s1. The molecule has 104 valence electrons. The molecule has 1 aliphatic rings. The Bertz CT molecular complexity index is 454. The lowest BCUT2D eigenvalue weighted by Gasteiger charge is -2.12. The van der Waals surface area contributed by atoms with Gasteiger partial charge in [-0.3, -0.25) is 4.79 Å². The van der Waals surface area contributed by atoms with E-state index in [0.717, 1.165) is 17.1 Å². The van der Waals surface area contributed by atoms with E-state index in [1.165, 1.54) is 0 Å². The molecule has 0 aromatic heterocycles. The second-order valence-corrected chi connectivity index (χ2v) is 5.24. The van der Waals surface area contributed by atoms with Crippen LogP contribution in [0.25, 0.3) is 0 Å². The molecule has 3 N–H and O–H groups in total. The Balaban J connectivity index is 1.89. The maximum atomic E-state index is 11.8. The molecular formula is C13H18N2O3S. The van der Waals surface area contributed by atoms with Crippen molar-refractivity contribution < 1.29 is 14.3 Å². The zero-order valence-electron chi connectivity index (χ0n) is 10.8. The molecule has 1 aliphatic heterocycles. The molecule has 0 radical (unpaired) electrons. The number of carbonyl (C=O) groups excluding carboxylic acids is 1. The number of ether oxygens (including phenoxy) is 2. The number of para-hydroxylation sites is 1. The molecule has 1 aromatic carbocycles. The predicted molar refractivity (Wildman–Crippen MR) is 75.4 cm³/mol. The van der Waals surface area contributed by atoms with Gasteiger partial charge in [-0.05, 0) is 24.5 Å². The maximum absolute atomic E-state index is 11.8. The van der Waals surface area contributed by atoms with Gasteiger partial charge in [-0.2, -0.15) is 11.8 Å². The van der Waals surface area contributed by atoms with Gasteiger partial charge in [-0.15, -0.1) is 0 Å². The number of carbonyl (C=O) groups is 1. The van der Waals surface area contributed by atoms with Gasteiger partial charge >= 0.3 is 0 Å². The Morgan fingerprint density at radius 2 is 2.37 bits per heavy atom. The number of fused-ring (bicyclic) bond motifs is 1. The van der Waals surface area contributed by atoms with E-state index in [9.17, 15) is 4.79 Å². The molecule has 0 spiro atoms. The van der Waals surface area contributed by atoms with Crippen molar-refractivity contribution in [3.05, 3.63) is 23.8 Å². The smallest absolute Gasteiger partial charge is 0.237 e. The van der Waals surface area contributed by atoms with Crippen LogP contribution in [0.15, 0.2) is 18.2 Å². The normalized spacial score (nSPS) is 14.2. The molecule has 0 unspecified atom stereocenters. The monoisotopic (exact) mass is 282 g/mol. The number of thioether (sulfide) groups is 1. The number of benzene rings is 1. The fourth-order valence-corrected chi connectivity index (χ4v) is 2.31. The van der Waals surface area contributed by atoms with Gasteiger partial charge in [0.2, 0.25) is 12.7 Å². The van der Waals surface area contributed by atoms with Crippen LogP contribution >= 0.6 is 11.8 Å². The van der Waals surface area contributed by atoms with Gasteiger partial charge in [-0.25, -0.2) is 0 Å². The molecule has 1 aromatic rings. The van der Waals surface area contributed by atoms with Gasteiger partial charge in [0.15, 0.2) is 11.5 Å². The molecular weight excluding hydrogens is 264 g/mol. The summed E-state index contributed by atoms with van der Waals surface area (Å²) < 4.78 is 10.7. The topological polar surface area (TPSA) is 73.6 Å². The maximum Gasteiger partial charge on any atom is 0.237 e. The van der Waals surface area contributed by atoms with E-state index in [4.69, 9.17) is 15.2 Å². The highest BCUT2D eigenvalue weighted by Crippen LogP contribution is 2.35. The molecule has 1 heterocycles. The van der Waals surface area contributed by atoms with Crippen LogP contribution in [-0.2, 0) is 11.3 Å². The van der Waals surface area contributed by atoms with Crippen LogP contribution in [-0.4, -0.2) is 30.8 Å². The van der Waals surface area contributed by atoms with Crippen LogP contribution in [0.2, 0.25) is 0 Å². The van der Waals surface area contributed by atoms with Crippen molar-refractivity contribution in [3.63, 3.8) is 0 Å². The Hall–Kier alpha value is -1.40. The molecule has 0 saturated heterocycles. The minimum absolute atomic E-state index is 0.134. The number of amides is 1. The van der Waals surface area contributed by atoms with Gasteiger partial charge in [0.25, 0.3) is 0 Å². The van der Waals surface area contributed by atoms with Crippen molar-refractivity contribution in [2.24, 2.45) is 5.73 Å². The first-order valence-electron chi connectivity index (χ1n) is 6.12. The SMILES string of the molecule is CSCC[C@@H](N)C(=O)NCc1cccc2c1OCO2. The Kier molecular flexibility index (Phi) is 4.93. The van der Waals surface area contributed by atoms with Gasteiger partial charge < -0.3 is 20.5 Å². The summed E-state index contributed by atoms with van der Waals surface area (Å²) in [7, 11) is 0. The second-order valence-electron chi connectivity index (χ2n) is 4.26. The molecule has 0 fully saturated rings. The first kappa shape index (κ1) is 14.0. The summed E-state index contributed by atoms with van der Waals surface area (Å²) in [5, 5.41) is 2.83. The quantitative estimate of drug-likeness (QED) is 0.817. The first-order chi connectivity index (χ1) is 9.22. The van der Waals surface area contributed by atoms with E-state index in [-0.39, 0.29) is 12.7 Å². The number of hydrogen-bond acceptors (Lipinski definition) is 5. The molecule has 6 heteroatoms. The van der Waals surface area contributed by atoms with E-state index in [1.54, 1.807) is 11.8 Å². The summed E-state index contributed by atoms with van der Waals surface area (Å²) in [4.78, 5) is 11.8. The molecule has 1 atom stereocenters. The van der Waals surface area contributed by atoms with Crippen LogP contribution in [0, 0.1) is 0 Å². The number of nitrogens with two attached hydrogens (primary N) is 1. The largest absolute Gasteiger partial charge is 0.454 e. The summed E-state index contributed by atoms with van der Waals surface area (Å²) in [6, 6.07) is 5.17. The summed E-state index contributed by atoms with van der Waals surface area (Å²) >= 11 is 1.68. The lowest BCUT2D eigenvalue weighted by molar-refractivity contribution is -0.122. The van der Waals surface area contributed by atoms with Crippen LogP contribution in [0.1, 0.15) is 12.0 Å². The van der Waals surface area contributed by atoms with Crippen LogP contribution < -0.4 is 20.5 Å². The summed E-state index contributed by atoms with van der Waals surface area (Å²) in [5.74, 6) is 2.18. The van der Waals surface area contributed by atoms with Crippen molar-refractivity contribution >= 4 is 17.7 Å². The van der Waals surface area contributed by atoms with E-state index >= 15 is 0 Å². The third-order valence-electron chi connectivity index (χ3n) is 2.90. The van der Waals surface area contributed by atoms with Crippen LogP contribution in [0.5, 0.6) is 11.5 Å². The van der Waals surface area contributed by atoms with Crippen LogP contribution in [0.4, 0.5) is 0 Å². The van der Waals surface area contributed by atoms with Crippen molar-refractivity contribution in [2.45, 2.75) is 19.0 Å². The van der Waals surface area contributed by atoms with E-state index in [2.05, 4.69) is 5.32 Å². The third kappa shape index (κ3) is 3.54. The third-order valence-corrected chi connectivity index (χ3v) is 3.54. The Labute approximate surface area is 116 Å². The number of hydrogen-bond donors (Lipinski definition) is 2. The number of rotatable bonds is 6. The lowest BCUT2D eigenvalue weighted by Crippen LogP contribution is -2.40. The highest BCUT2D eigenvalue weighted by atomic mass is 32.2. The van der Waals surface area contributed by atoms with Gasteiger partial charge in [-0.1, -0.05) is 12.1 Å². The van der Waals surface area contributed by atoms with E-state index < -0.39 is 6.04 Å². The van der Waals surface area contributed by atoms with Crippen LogP contribution in [0.3, 0.4) is 0 Å². The predicted octanol–water partition coefficient (Wildman–Crippen LogP) is 1.11. The molecule has 1 amide bonds. The average molecular weight is 282 g/mol. The van der Waals surface area contributed by atoms with Gasteiger partial charge in [0.1, 0.15) is 0 Å². The Morgan fingerprint density at radius 3 is 3.16 bits per heavy atom.